The number of pyridine rings is 1. The largest absolute Gasteiger partial charge is 0.445 e. The number of fused-ring (bicyclic) bond motifs is 1. The summed E-state index contributed by atoms with van der Waals surface area (Å²) in [4.78, 5) is 17.5. The van der Waals surface area contributed by atoms with Crippen molar-refractivity contribution in [2.24, 2.45) is 0 Å². The van der Waals surface area contributed by atoms with Crippen molar-refractivity contribution in [3.05, 3.63) is 34.5 Å². The molecule has 1 aliphatic heterocycles. The number of nitrogens with zero attached hydrogens (tertiary/aromatic N) is 4. The summed E-state index contributed by atoms with van der Waals surface area (Å²) in [7, 11) is 23.6. The lowest BCUT2D eigenvalue weighted by molar-refractivity contribution is 0.105. The van der Waals surface area contributed by atoms with Gasteiger partial charge in [0.05, 0.1) is 33.9 Å². The fraction of sp³-hybridized carbons (Fsp3) is 0.333. The number of hydrogen-bond acceptors (Lipinski definition) is 6. The summed E-state index contributed by atoms with van der Waals surface area (Å²) in [5.41, 5.74) is 0.380. The fourth-order valence-electron chi connectivity index (χ4n) is 2.68. The number of nitriles is 2. The normalized spacial score (nSPS) is 15.0. The molecule has 8 radical (unpaired) electrons. The Labute approximate surface area is 167 Å². The third-order valence-corrected chi connectivity index (χ3v) is 4.00. The van der Waals surface area contributed by atoms with Gasteiger partial charge in [0.25, 0.3) is 0 Å². The maximum absolute atomic E-state index is 12.2. The average molecular weight is 371 g/mol. The van der Waals surface area contributed by atoms with E-state index in [-0.39, 0.29) is 47.4 Å². The van der Waals surface area contributed by atoms with E-state index in [4.69, 9.17) is 53.0 Å². The average Bonchev–Trinajstić information content (AvgIpc) is 2.59. The molecule has 0 atom stereocenters. The van der Waals surface area contributed by atoms with Crippen molar-refractivity contribution >= 4 is 54.9 Å². The van der Waals surface area contributed by atoms with Crippen LogP contribution in [0.4, 0.5) is 10.6 Å². The number of anilines is 1. The van der Waals surface area contributed by atoms with E-state index in [1.165, 1.54) is 11.0 Å². The van der Waals surface area contributed by atoms with Gasteiger partial charge in [-0.25, -0.2) is 9.78 Å². The smallest absolute Gasteiger partial charge is 0.410 e. The van der Waals surface area contributed by atoms with Crippen LogP contribution in [0.15, 0.2) is 12.7 Å². The predicted molar refractivity (Wildman–Crippen MR) is 103 cm³/mol. The first-order valence-electron chi connectivity index (χ1n) is 7.56. The zero-order chi connectivity index (χ0) is 20.4. The third-order valence-electron chi connectivity index (χ3n) is 3.73. The Kier molecular flexibility index (Phi) is 5.87. The molecule has 1 N–H and O–H groups in total. The molecule has 0 saturated heterocycles. The van der Waals surface area contributed by atoms with E-state index in [2.05, 4.69) is 16.9 Å². The molecule has 1 aromatic rings. The molecule has 2 rings (SSSR count). The van der Waals surface area contributed by atoms with Crippen LogP contribution in [0.1, 0.15) is 16.7 Å². The monoisotopic (exact) mass is 371 g/mol. The van der Waals surface area contributed by atoms with Crippen LogP contribution >= 0.6 is 11.6 Å². The molecule has 27 heavy (non-hydrogen) atoms. The van der Waals surface area contributed by atoms with E-state index in [0.717, 1.165) is 0 Å². The zero-order valence-electron chi connectivity index (χ0n) is 14.2. The van der Waals surface area contributed by atoms with Gasteiger partial charge in [-0.2, -0.15) is 10.5 Å². The highest BCUT2D eigenvalue weighted by atomic mass is 35.5. The SMILES string of the molecule is [B]C([B])(C#N)Nc1nc(Cl)c(C#N)c2c1CN(C(=O)OCC=C)CC2([B])[B]. The van der Waals surface area contributed by atoms with Crippen molar-refractivity contribution in [2.75, 3.05) is 18.5 Å². The van der Waals surface area contributed by atoms with Crippen LogP contribution in [0.2, 0.25) is 5.15 Å². The van der Waals surface area contributed by atoms with Crippen LogP contribution in [0.3, 0.4) is 0 Å². The highest BCUT2D eigenvalue weighted by molar-refractivity contribution is 6.44. The standard InChI is InChI=1S/C15H10B4ClN5O2/c1-2-3-27-13(26)25-5-9-10(14(16,17)7-25)8(4-21)11(20)23-12(9)24-15(18,19)6-22/h2H,1,3,5,7H2,(H,23,24). The Morgan fingerprint density at radius 2 is 2.19 bits per heavy atom. The molecule has 1 aromatic heterocycles. The van der Waals surface area contributed by atoms with Gasteiger partial charge in [0.2, 0.25) is 0 Å². The molecule has 0 fully saturated rings. The van der Waals surface area contributed by atoms with E-state index in [9.17, 15) is 10.1 Å². The number of nitrogens with one attached hydrogen (secondary N) is 1. The molecular formula is C15H10B4ClN5O2. The van der Waals surface area contributed by atoms with E-state index in [1.807, 2.05) is 6.07 Å². The number of carbonyl (C=O) groups excluding carboxylic acids is 1. The summed E-state index contributed by atoms with van der Waals surface area (Å²) in [5.74, 6) is -0.0259. The number of aromatic nitrogens is 1. The summed E-state index contributed by atoms with van der Waals surface area (Å²) in [6.07, 6.45) is 0.701. The minimum atomic E-state index is -1.99. The van der Waals surface area contributed by atoms with Gasteiger partial charge in [-0.15, -0.1) is 0 Å². The topological polar surface area (TPSA) is 102 Å². The summed E-state index contributed by atoms with van der Waals surface area (Å²) < 4.78 is 5.01. The van der Waals surface area contributed by atoms with Crippen LogP contribution in [0, 0.1) is 22.7 Å². The summed E-state index contributed by atoms with van der Waals surface area (Å²) in [6.45, 7) is 3.22. The number of hydrogen-bond donors (Lipinski definition) is 1. The molecule has 7 nitrogen and oxygen atoms in total. The second kappa shape index (κ2) is 7.62. The number of ether oxygens (including phenoxy) is 1. The van der Waals surface area contributed by atoms with Crippen molar-refractivity contribution in [3.63, 3.8) is 0 Å². The Morgan fingerprint density at radius 3 is 2.74 bits per heavy atom. The second-order valence-electron chi connectivity index (χ2n) is 5.96. The van der Waals surface area contributed by atoms with Gasteiger partial charge < -0.3 is 15.0 Å². The maximum atomic E-state index is 12.2. The maximum Gasteiger partial charge on any atom is 0.410 e. The molecule has 2 heterocycles. The number of rotatable bonds is 4. The van der Waals surface area contributed by atoms with E-state index in [1.54, 1.807) is 6.07 Å². The van der Waals surface area contributed by atoms with Gasteiger partial charge in [-0.1, -0.05) is 29.5 Å². The molecule has 1 aliphatic rings. The first kappa shape index (κ1) is 20.8. The minimum Gasteiger partial charge on any atom is -0.445 e. The number of amides is 1. The Bertz CT molecular complexity index is 878. The lowest BCUT2D eigenvalue weighted by Gasteiger charge is -2.41. The lowest BCUT2D eigenvalue weighted by Crippen LogP contribution is -2.50. The van der Waals surface area contributed by atoms with Crippen molar-refractivity contribution in [3.8, 4) is 12.1 Å². The summed E-state index contributed by atoms with van der Waals surface area (Å²) in [5, 5.41) is 17.2. The van der Waals surface area contributed by atoms with E-state index < -0.39 is 16.6 Å². The zero-order valence-corrected chi connectivity index (χ0v) is 15.0. The Morgan fingerprint density at radius 1 is 1.52 bits per heavy atom. The fourth-order valence-corrected chi connectivity index (χ4v) is 2.90. The molecule has 0 aliphatic carbocycles. The molecular weight excluding hydrogens is 361 g/mol. The lowest BCUT2D eigenvalue weighted by atomic mass is 9.48. The Balaban J connectivity index is 2.62. The van der Waals surface area contributed by atoms with Crippen molar-refractivity contribution < 1.29 is 9.53 Å². The molecule has 0 bridgehead atoms. The van der Waals surface area contributed by atoms with Crippen molar-refractivity contribution in [1.29, 1.82) is 10.5 Å². The molecule has 0 unspecified atom stereocenters. The van der Waals surface area contributed by atoms with Gasteiger partial charge in [-0.3, -0.25) is 0 Å². The second-order valence-corrected chi connectivity index (χ2v) is 6.32. The molecule has 0 aromatic carbocycles. The van der Waals surface area contributed by atoms with E-state index in [0.29, 0.717) is 0 Å². The van der Waals surface area contributed by atoms with Gasteiger partial charge in [-0.05, 0) is 5.56 Å². The quantitative estimate of drug-likeness (QED) is 0.460. The van der Waals surface area contributed by atoms with Crippen LogP contribution in [-0.4, -0.2) is 65.9 Å². The highest BCUT2D eigenvalue weighted by Gasteiger charge is 2.39. The first-order chi connectivity index (χ1) is 12.6. The van der Waals surface area contributed by atoms with E-state index >= 15 is 0 Å². The van der Waals surface area contributed by atoms with Gasteiger partial charge in [0.15, 0.2) is 0 Å². The van der Waals surface area contributed by atoms with Gasteiger partial charge in [0, 0.05) is 17.4 Å². The van der Waals surface area contributed by atoms with Crippen LogP contribution in [-0.2, 0) is 16.5 Å². The van der Waals surface area contributed by atoms with Crippen molar-refractivity contribution in [1.82, 2.24) is 9.88 Å². The first-order valence-corrected chi connectivity index (χ1v) is 7.94. The van der Waals surface area contributed by atoms with Crippen LogP contribution < -0.4 is 5.32 Å². The van der Waals surface area contributed by atoms with Gasteiger partial charge >= 0.3 is 6.09 Å². The van der Waals surface area contributed by atoms with Crippen LogP contribution in [0.5, 0.6) is 0 Å². The molecule has 1 amide bonds. The van der Waals surface area contributed by atoms with Crippen LogP contribution in [0.25, 0.3) is 0 Å². The van der Waals surface area contributed by atoms with Crippen molar-refractivity contribution in [2.45, 2.75) is 17.1 Å². The molecule has 126 valence electrons. The number of carbonyl (C=O) groups is 1. The highest BCUT2D eigenvalue weighted by Crippen LogP contribution is 2.38. The predicted octanol–water partition coefficient (Wildman–Crippen LogP) is 0.161. The molecule has 12 heteroatoms. The Hall–Kier alpha value is -2.51. The molecule has 0 spiro atoms. The summed E-state index contributed by atoms with van der Waals surface area (Å²) >= 11 is 6.07. The summed E-state index contributed by atoms with van der Waals surface area (Å²) in [6, 6.07) is 3.55. The third kappa shape index (κ3) is 4.26. The molecule has 0 saturated carbocycles. The van der Waals surface area contributed by atoms with Gasteiger partial charge in [0.1, 0.15) is 39.3 Å². The number of halogens is 1. The minimum absolute atomic E-state index is 0.0130.